The summed E-state index contributed by atoms with van der Waals surface area (Å²) in [6, 6.07) is 26.0. The van der Waals surface area contributed by atoms with Gasteiger partial charge in [0.1, 0.15) is 18.2 Å². The van der Waals surface area contributed by atoms with Crippen molar-refractivity contribution in [3.05, 3.63) is 102 Å². The minimum atomic E-state index is -0.155. The average Bonchev–Trinajstić information content (AvgIpc) is 3.19. The van der Waals surface area contributed by atoms with Crippen LogP contribution in [-0.4, -0.2) is 22.1 Å². The Labute approximate surface area is 201 Å². The van der Waals surface area contributed by atoms with Gasteiger partial charge in [-0.1, -0.05) is 75.4 Å². The lowest BCUT2D eigenvalue weighted by molar-refractivity contribution is -0.116. The number of nitrogens with zero attached hydrogens (tertiary/aromatic N) is 2. The summed E-state index contributed by atoms with van der Waals surface area (Å²) in [7, 11) is 0. The van der Waals surface area contributed by atoms with Crippen molar-refractivity contribution in [2.45, 2.75) is 39.3 Å². The first-order valence-corrected chi connectivity index (χ1v) is 11.6. The molecular weight excluding hydrogens is 422 g/mol. The number of nitrogens with one attached hydrogen (secondary N) is 1. The molecule has 1 aromatic heterocycles. The standard InChI is InChI=1S/C29H31N3O2/c1-29(2,3)23-14-16-24(17-15-23)34-20-19-32-26-12-8-7-11-25(26)31-27(32)21-30-28(33)18-13-22-9-5-4-6-10-22/h4-18H,19-21H2,1-3H3,(H,30,33)/b18-13-. The minimum Gasteiger partial charge on any atom is -0.492 e. The van der Waals surface area contributed by atoms with E-state index in [0.29, 0.717) is 19.7 Å². The van der Waals surface area contributed by atoms with E-state index >= 15 is 0 Å². The molecule has 0 bridgehead atoms. The first kappa shape index (κ1) is 23.3. The Morgan fingerprint density at radius 2 is 1.68 bits per heavy atom. The van der Waals surface area contributed by atoms with E-state index in [0.717, 1.165) is 28.2 Å². The van der Waals surface area contributed by atoms with Gasteiger partial charge in [-0.15, -0.1) is 0 Å². The van der Waals surface area contributed by atoms with Gasteiger partial charge in [-0.2, -0.15) is 0 Å². The topological polar surface area (TPSA) is 56.1 Å². The summed E-state index contributed by atoms with van der Waals surface area (Å²) in [6.45, 7) is 8.07. The van der Waals surface area contributed by atoms with E-state index in [2.05, 4.69) is 42.8 Å². The number of amides is 1. The van der Waals surface area contributed by atoms with Crippen LogP contribution in [0.5, 0.6) is 5.75 Å². The lowest BCUT2D eigenvalue weighted by Crippen LogP contribution is -2.23. The molecule has 3 aromatic carbocycles. The lowest BCUT2D eigenvalue weighted by Gasteiger charge is -2.19. The van der Waals surface area contributed by atoms with Crippen molar-refractivity contribution in [1.29, 1.82) is 0 Å². The number of hydrogen-bond acceptors (Lipinski definition) is 3. The number of aromatic nitrogens is 2. The first-order valence-electron chi connectivity index (χ1n) is 11.6. The molecule has 0 radical (unpaired) electrons. The van der Waals surface area contributed by atoms with Crippen molar-refractivity contribution >= 4 is 23.0 Å². The number of imidazole rings is 1. The predicted octanol–water partition coefficient (Wildman–Crippen LogP) is 5.74. The van der Waals surface area contributed by atoms with Gasteiger partial charge < -0.3 is 14.6 Å². The van der Waals surface area contributed by atoms with E-state index in [-0.39, 0.29) is 11.3 Å². The summed E-state index contributed by atoms with van der Waals surface area (Å²) in [6.07, 6.45) is 3.35. The molecule has 4 aromatic rings. The Bertz CT molecular complexity index is 1270. The number of para-hydroxylation sites is 2. The Hall–Kier alpha value is -3.86. The highest BCUT2D eigenvalue weighted by molar-refractivity contribution is 5.91. The van der Waals surface area contributed by atoms with Crippen LogP contribution in [-0.2, 0) is 23.3 Å². The second-order valence-corrected chi connectivity index (χ2v) is 9.25. The fraction of sp³-hybridized carbons (Fsp3) is 0.241. The molecule has 0 fully saturated rings. The van der Waals surface area contributed by atoms with Gasteiger partial charge >= 0.3 is 0 Å². The van der Waals surface area contributed by atoms with Crippen molar-refractivity contribution in [3.8, 4) is 5.75 Å². The van der Waals surface area contributed by atoms with E-state index in [1.165, 1.54) is 5.56 Å². The molecule has 34 heavy (non-hydrogen) atoms. The largest absolute Gasteiger partial charge is 0.492 e. The normalized spacial score (nSPS) is 11.7. The number of carbonyl (C=O) groups is 1. The molecule has 0 saturated heterocycles. The van der Waals surface area contributed by atoms with Crippen LogP contribution in [0, 0.1) is 0 Å². The van der Waals surface area contributed by atoms with Gasteiger partial charge in [-0.3, -0.25) is 4.79 Å². The molecule has 0 atom stereocenters. The molecule has 0 aliphatic carbocycles. The third-order valence-corrected chi connectivity index (χ3v) is 5.69. The lowest BCUT2D eigenvalue weighted by atomic mass is 9.87. The van der Waals surface area contributed by atoms with Crippen LogP contribution < -0.4 is 10.1 Å². The van der Waals surface area contributed by atoms with Gasteiger partial charge in [0.15, 0.2) is 0 Å². The third kappa shape index (κ3) is 5.93. The monoisotopic (exact) mass is 453 g/mol. The summed E-state index contributed by atoms with van der Waals surface area (Å²) in [5.74, 6) is 1.49. The first-order chi connectivity index (χ1) is 16.4. The maximum Gasteiger partial charge on any atom is 0.244 e. The summed E-state index contributed by atoms with van der Waals surface area (Å²) in [5, 5.41) is 2.95. The van der Waals surface area contributed by atoms with Crippen LogP contribution >= 0.6 is 0 Å². The van der Waals surface area contributed by atoms with Crippen LogP contribution in [0.25, 0.3) is 17.1 Å². The van der Waals surface area contributed by atoms with E-state index in [4.69, 9.17) is 9.72 Å². The fourth-order valence-corrected chi connectivity index (χ4v) is 3.78. The zero-order valence-electron chi connectivity index (χ0n) is 20.0. The quantitative estimate of drug-likeness (QED) is 0.346. The highest BCUT2D eigenvalue weighted by Crippen LogP contribution is 2.24. The van der Waals surface area contributed by atoms with E-state index in [1.807, 2.05) is 66.7 Å². The van der Waals surface area contributed by atoms with Crippen molar-refractivity contribution in [2.24, 2.45) is 0 Å². The Morgan fingerprint density at radius 3 is 2.41 bits per heavy atom. The van der Waals surface area contributed by atoms with E-state index < -0.39 is 0 Å². The molecule has 0 spiro atoms. The molecule has 1 amide bonds. The second-order valence-electron chi connectivity index (χ2n) is 9.25. The Morgan fingerprint density at radius 1 is 0.971 bits per heavy atom. The number of rotatable bonds is 8. The van der Waals surface area contributed by atoms with Gasteiger partial charge in [-0.05, 0) is 46.9 Å². The predicted molar refractivity (Wildman–Crippen MR) is 138 cm³/mol. The van der Waals surface area contributed by atoms with Crippen molar-refractivity contribution in [2.75, 3.05) is 6.61 Å². The highest BCUT2D eigenvalue weighted by atomic mass is 16.5. The summed E-state index contributed by atoms with van der Waals surface area (Å²) < 4.78 is 8.13. The maximum absolute atomic E-state index is 12.4. The minimum absolute atomic E-state index is 0.115. The number of carbonyl (C=O) groups excluding carboxylic acids is 1. The molecule has 5 heteroatoms. The second kappa shape index (κ2) is 10.4. The molecular formula is C29H31N3O2. The zero-order chi connectivity index (χ0) is 24.0. The van der Waals surface area contributed by atoms with Gasteiger partial charge in [0.25, 0.3) is 0 Å². The van der Waals surface area contributed by atoms with Gasteiger partial charge in [0.2, 0.25) is 5.91 Å². The molecule has 4 rings (SSSR count). The van der Waals surface area contributed by atoms with Crippen LogP contribution in [0.2, 0.25) is 0 Å². The number of hydrogen-bond donors (Lipinski definition) is 1. The van der Waals surface area contributed by atoms with Gasteiger partial charge in [0, 0.05) is 6.08 Å². The van der Waals surface area contributed by atoms with Gasteiger partial charge in [0.05, 0.1) is 24.1 Å². The molecule has 174 valence electrons. The summed E-state index contributed by atoms with van der Waals surface area (Å²) in [4.78, 5) is 17.1. The molecule has 0 aliphatic rings. The maximum atomic E-state index is 12.4. The van der Waals surface area contributed by atoms with Crippen LogP contribution in [0.15, 0.2) is 84.9 Å². The third-order valence-electron chi connectivity index (χ3n) is 5.69. The smallest absolute Gasteiger partial charge is 0.244 e. The Balaban J connectivity index is 1.41. The molecule has 1 N–H and O–H groups in total. The molecule has 5 nitrogen and oxygen atoms in total. The molecule has 1 heterocycles. The Kier molecular flexibility index (Phi) is 7.12. The molecule has 0 aliphatic heterocycles. The zero-order valence-corrected chi connectivity index (χ0v) is 20.0. The van der Waals surface area contributed by atoms with E-state index in [1.54, 1.807) is 12.2 Å². The van der Waals surface area contributed by atoms with Crippen LogP contribution in [0.1, 0.15) is 37.7 Å². The van der Waals surface area contributed by atoms with Crippen LogP contribution in [0.3, 0.4) is 0 Å². The number of fused-ring (bicyclic) bond motifs is 1. The summed E-state index contributed by atoms with van der Waals surface area (Å²) in [5.41, 5.74) is 4.31. The highest BCUT2D eigenvalue weighted by Gasteiger charge is 2.14. The number of benzene rings is 3. The molecule has 0 unspecified atom stereocenters. The van der Waals surface area contributed by atoms with Crippen molar-refractivity contribution < 1.29 is 9.53 Å². The number of ether oxygens (including phenoxy) is 1. The van der Waals surface area contributed by atoms with Crippen molar-refractivity contribution in [3.63, 3.8) is 0 Å². The SMILES string of the molecule is CC(C)(C)c1ccc(OCCn2c(CNC(=O)/C=C\c3ccccc3)nc3ccccc32)cc1. The average molecular weight is 454 g/mol. The van der Waals surface area contributed by atoms with Crippen molar-refractivity contribution in [1.82, 2.24) is 14.9 Å². The van der Waals surface area contributed by atoms with E-state index in [9.17, 15) is 4.79 Å². The van der Waals surface area contributed by atoms with Crippen LogP contribution in [0.4, 0.5) is 0 Å². The molecule has 0 saturated carbocycles. The summed E-state index contributed by atoms with van der Waals surface area (Å²) >= 11 is 0. The van der Waals surface area contributed by atoms with Gasteiger partial charge in [-0.25, -0.2) is 4.98 Å². The fourth-order valence-electron chi connectivity index (χ4n) is 3.78.